The normalized spacial score (nSPS) is 14.0. The van der Waals surface area contributed by atoms with E-state index in [0.717, 1.165) is 22.5 Å². The van der Waals surface area contributed by atoms with Crippen molar-refractivity contribution >= 4 is 14.1 Å². The predicted octanol–water partition coefficient (Wildman–Crippen LogP) is 5.23. The summed E-state index contributed by atoms with van der Waals surface area (Å²) in [5.74, 6) is 2.71. The summed E-state index contributed by atoms with van der Waals surface area (Å²) in [6.07, 6.45) is 1.45. The molecule has 0 spiro atoms. The highest BCUT2D eigenvalue weighted by Gasteiger charge is 2.26. The maximum Gasteiger partial charge on any atom is 0.265 e. The summed E-state index contributed by atoms with van der Waals surface area (Å²) in [4.78, 5) is 0. The Bertz CT molecular complexity index is 139. The van der Waals surface area contributed by atoms with Gasteiger partial charge >= 0.3 is 0 Å². The molecule has 0 heterocycles. The largest absolute Gasteiger partial charge is 0.265 e. The van der Waals surface area contributed by atoms with Crippen LogP contribution in [0.1, 0.15) is 54.9 Å². The molecule has 0 aliphatic carbocycles. The summed E-state index contributed by atoms with van der Waals surface area (Å²) in [6.45, 7) is 16.8. The second kappa shape index (κ2) is 7.75. The van der Waals surface area contributed by atoms with Crippen LogP contribution < -0.4 is 0 Å². The van der Waals surface area contributed by atoms with Crippen molar-refractivity contribution in [1.29, 1.82) is 0 Å². The molecule has 0 aliphatic rings. The van der Waals surface area contributed by atoms with Crippen LogP contribution in [0.3, 0.4) is 0 Å². The van der Waals surface area contributed by atoms with E-state index in [1.807, 2.05) is 0 Å². The third kappa shape index (κ3) is 8.35. The second-order valence-electron chi connectivity index (χ2n) is 6.63. The molecule has 0 N–H and O–H groups in total. The maximum absolute atomic E-state index is 2.52. The van der Waals surface area contributed by atoms with Gasteiger partial charge in [0.2, 0.25) is 0 Å². The van der Waals surface area contributed by atoms with Gasteiger partial charge < -0.3 is 0 Å². The lowest BCUT2D eigenvalue weighted by Crippen LogP contribution is -2.23. The molecule has 0 amide bonds. The fourth-order valence-corrected chi connectivity index (χ4v) is 7.18. The van der Waals surface area contributed by atoms with Crippen molar-refractivity contribution in [2.24, 2.45) is 17.8 Å². The van der Waals surface area contributed by atoms with E-state index in [-0.39, 0.29) is 0 Å². The predicted molar refractivity (Wildman–Crippen MR) is 73.9 cm³/mol. The van der Waals surface area contributed by atoms with Crippen LogP contribution in [0, 0.1) is 17.8 Å². The molecule has 1 atom stereocenters. The van der Waals surface area contributed by atoms with E-state index in [1.54, 1.807) is 10.6 Å². The van der Waals surface area contributed by atoms with Crippen molar-refractivity contribution in [1.82, 2.24) is 0 Å². The highest BCUT2D eigenvalue weighted by Crippen LogP contribution is 2.29. The minimum absolute atomic E-state index is 0.500. The second-order valence-corrected chi connectivity index (χ2v) is 10.2. The minimum atomic E-state index is -0.500. The molecule has 0 rings (SSSR count). The van der Waals surface area contributed by atoms with Crippen LogP contribution in [0.4, 0.5) is 0 Å². The molecule has 0 aromatic heterocycles. The lowest BCUT2D eigenvalue weighted by molar-refractivity contribution is 0.558. The van der Waals surface area contributed by atoms with Gasteiger partial charge in [-0.3, -0.25) is 0 Å². The van der Waals surface area contributed by atoms with Gasteiger partial charge in [-0.15, -0.1) is 0 Å². The molecule has 0 radical (unpaired) electrons. The van der Waals surface area contributed by atoms with E-state index < -0.39 is 14.1 Å². The first-order valence-electron chi connectivity index (χ1n) is 6.82. The summed E-state index contributed by atoms with van der Waals surface area (Å²) >= 11 is -0.500. The Morgan fingerprint density at radius 3 is 1.33 bits per heavy atom. The molecule has 0 fully saturated rings. The van der Waals surface area contributed by atoms with Gasteiger partial charge in [0.1, 0.15) is 0 Å². The molecule has 0 saturated heterocycles. The minimum Gasteiger partial charge on any atom is -0.0914 e. The molecule has 0 bridgehead atoms. The van der Waals surface area contributed by atoms with Gasteiger partial charge in [-0.2, -0.15) is 0 Å². The van der Waals surface area contributed by atoms with Crippen LogP contribution in [0.25, 0.3) is 0 Å². The topological polar surface area (TPSA) is 0 Å². The van der Waals surface area contributed by atoms with Gasteiger partial charge in [-0.1, -0.05) is 82.1 Å². The van der Waals surface area contributed by atoms with E-state index in [4.69, 9.17) is 0 Å². The van der Waals surface area contributed by atoms with Crippen LogP contribution in [-0.2, 0) is 0 Å². The molecule has 0 nitrogen and oxygen atoms in total. The number of hydrogen-bond donors (Lipinski definition) is 0. The van der Waals surface area contributed by atoms with E-state index in [2.05, 4.69) is 48.5 Å². The van der Waals surface area contributed by atoms with Gasteiger partial charge in [0, 0.05) is 0 Å². The Labute approximate surface area is 102 Å². The fourth-order valence-electron chi connectivity index (χ4n) is 2.71. The molecule has 0 saturated carbocycles. The lowest BCUT2D eigenvalue weighted by atomic mass is 10.1. The Morgan fingerprint density at radius 1 is 0.667 bits per heavy atom. The van der Waals surface area contributed by atoms with Gasteiger partial charge in [0.05, 0.1) is 0 Å². The van der Waals surface area contributed by atoms with Crippen molar-refractivity contribution in [2.75, 3.05) is 0 Å². The van der Waals surface area contributed by atoms with Crippen molar-refractivity contribution in [3.05, 3.63) is 0 Å². The maximum atomic E-state index is 2.52. The van der Waals surface area contributed by atoms with Crippen LogP contribution in [-0.4, -0.2) is 14.1 Å². The average molecular weight is 226 g/mol. The standard InChI is InChI=1S/C6H13.2C4H9.Al/c1-4-5-6(2)3;2*1-4(2)3;/h4,6H,5H2,1-3H3;2*4H,1H2,2-3H3;. The summed E-state index contributed by atoms with van der Waals surface area (Å²) in [5, 5.41) is 3.10. The van der Waals surface area contributed by atoms with E-state index in [9.17, 15) is 0 Å². The average Bonchev–Trinajstić information content (AvgIpc) is 1.99. The Kier molecular flexibility index (Phi) is 8.02. The van der Waals surface area contributed by atoms with E-state index in [1.165, 1.54) is 6.42 Å². The SMILES string of the molecule is CC(C)C[CH](C)[Al]([CH2]C(C)C)[CH2]C(C)C. The highest BCUT2D eigenvalue weighted by atomic mass is 27.2. The molecule has 0 aromatic rings. The zero-order chi connectivity index (χ0) is 12.0. The first-order valence-corrected chi connectivity index (χ1v) is 9.12. The van der Waals surface area contributed by atoms with Gasteiger partial charge in [-0.05, 0) is 5.92 Å². The Balaban J connectivity index is 4.20. The van der Waals surface area contributed by atoms with Gasteiger partial charge in [-0.25, -0.2) is 0 Å². The summed E-state index contributed by atoms with van der Waals surface area (Å²) in [6, 6.07) is 0. The summed E-state index contributed by atoms with van der Waals surface area (Å²) < 4.78 is 1.04. The van der Waals surface area contributed by atoms with Gasteiger partial charge in [0.15, 0.2) is 0 Å². The zero-order valence-corrected chi connectivity index (χ0v) is 13.2. The first-order chi connectivity index (χ1) is 6.82. The smallest absolute Gasteiger partial charge is 0.0914 e. The highest BCUT2D eigenvalue weighted by molar-refractivity contribution is 6.60. The molecular weight excluding hydrogens is 195 g/mol. The molecule has 15 heavy (non-hydrogen) atoms. The quantitative estimate of drug-likeness (QED) is 0.521. The summed E-state index contributed by atoms with van der Waals surface area (Å²) in [7, 11) is 0. The Morgan fingerprint density at radius 2 is 1.07 bits per heavy atom. The zero-order valence-electron chi connectivity index (χ0n) is 12.0. The Hall–Kier alpha value is 0.532. The van der Waals surface area contributed by atoms with Crippen LogP contribution in [0.5, 0.6) is 0 Å². The first kappa shape index (κ1) is 15.5. The molecular formula is C14H31Al. The molecule has 0 aliphatic heterocycles. The monoisotopic (exact) mass is 226 g/mol. The number of hydrogen-bond acceptors (Lipinski definition) is 0. The molecule has 90 valence electrons. The molecule has 1 unspecified atom stereocenters. The van der Waals surface area contributed by atoms with Crippen LogP contribution >= 0.6 is 0 Å². The van der Waals surface area contributed by atoms with E-state index >= 15 is 0 Å². The van der Waals surface area contributed by atoms with Gasteiger partial charge in [0.25, 0.3) is 14.1 Å². The third-order valence-corrected chi connectivity index (χ3v) is 8.17. The van der Waals surface area contributed by atoms with Crippen molar-refractivity contribution in [3.63, 3.8) is 0 Å². The van der Waals surface area contributed by atoms with Crippen molar-refractivity contribution < 1.29 is 0 Å². The van der Waals surface area contributed by atoms with Crippen LogP contribution in [0.2, 0.25) is 15.3 Å². The number of rotatable bonds is 7. The third-order valence-electron chi connectivity index (χ3n) is 3.20. The fraction of sp³-hybridized carbons (Fsp3) is 1.00. The molecule has 1 heteroatoms. The van der Waals surface area contributed by atoms with E-state index in [0.29, 0.717) is 0 Å². The lowest BCUT2D eigenvalue weighted by Gasteiger charge is -2.24. The molecule has 0 aromatic carbocycles. The van der Waals surface area contributed by atoms with Crippen molar-refractivity contribution in [2.45, 2.75) is 70.2 Å². The van der Waals surface area contributed by atoms with Crippen LogP contribution in [0.15, 0.2) is 0 Å². The van der Waals surface area contributed by atoms with Crippen molar-refractivity contribution in [3.8, 4) is 0 Å². The summed E-state index contributed by atoms with van der Waals surface area (Å²) in [5.41, 5.74) is 0.